The normalized spacial score (nSPS) is 17.0. The van der Waals surface area contributed by atoms with Crippen molar-refractivity contribution < 1.29 is 4.74 Å². The van der Waals surface area contributed by atoms with Gasteiger partial charge in [-0.05, 0) is 52.9 Å². The maximum atomic E-state index is 5.92. The fourth-order valence-corrected chi connectivity index (χ4v) is 2.76. The smallest absolute Gasteiger partial charge is 0.145 e. The van der Waals surface area contributed by atoms with Crippen LogP contribution in [-0.2, 0) is 0 Å². The van der Waals surface area contributed by atoms with Crippen molar-refractivity contribution in [3.63, 3.8) is 0 Å². The largest absolute Gasteiger partial charge is 0.489 e. The third kappa shape index (κ3) is 3.57. The summed E-state index contributed by atoms with van der Waals surface area (Å²) in [6.07, 6.45) is 2.55. The highest BCUT2D eigenvalue weighted by Crippen LogP contribution is 2.33. The summed E-state index contributed by atoms with van der Waals surface area (Å²) < 4.78 is 5.92. The number of hydrogen-bond acceptors (Lipinski definition) is 4. The molecule has 0 saturated carbocycles. The second kappa shape index (κ2) is 6.35. The van der Waals surface area contributed by atoms with Crippen LogP contribution in [0, 0.1) is 0 Å². The van der Waals surface area contributed by atoms with Gasteiger partial charge < -0.3 is 20.3 Å². The third-order valence-electron chi connectivity index (χ3n) is 3.88. The number of anilines is 2. The predicted octanol–water partition coefficient (Wildman–Crippen LogP) is 2.59. The van der Waals surface area contributed by atoms with Crippen LogP contribution in [0.5, 0.6) is 5.75 Å². The van der Waals surface area contributed by atoms with Crippen molar-refractivity contribution in [2.45, 2.75) is 38.8 Å². The molecule has 0 unspecified atom stereocenters. The van der Waals surface area contributed by atoms with Crippen LogP contribution in [0.4, 0.5) is 11.4 Å². The van der Waals surface area contributed by atoms with Gasteiger partial charge in [-0.2, -0.15) is 0 Å². The first-order valence-corrected chi connectivity index (χ1v) is 7.45. The monoisotopic (exact) mass is 277 g/mol. The van der Waals surface area contributed by atoms with Crippen LogP contribution in [0.3, 0.4) is 0 Å². The topological polar surface area (TPSA) is 41.7 Å². The lowest BCUT2D eigenvalue weighted by atomic mass is 10.0. The third-order valence-corrected chi connectivity index (χ3v) is 3.88. The summed E-state index contributed by atoms with van der Waals surface area (Å²) in [6, 6.07) is 6.67. The molecule has 1 fully saturated rings. The van der Waals surface area contributed by atoms with E-state index in [1.54, 1.807) is 0 Å². The fourth-order valence-electron chi connectivity index (χ4n) is 2.76. The van der Waals surface area contributed by atoms with Gasteiger partial charge in [0.1, 0.15) is 5.75 Å². The number of benzene rings is 1. The Morgan fingerprint density at radius 1 is 1.25 bits per heavy atom. The number of rotatable bonds is 4. The highest BCUT2D eigenvalue weighted by Gasteiger charge is 2.22. The molecule has 112 valence electrons. The number of ether oxygens (including phenoxy) is 1. The molecule has 1 heterocycles. The lowest BCUT2D eigenvalue weighted by molar-refractivity contribution is 0.237. The maximum Gasteiger partial charge on any atom is 0.145 e. The van der Waals surface area contributed by atoms with Gasteiger partial charge in [-0.25, -0.2) is 0 Å². The van der Waals surface area contributed by atoms with E-state index >= 15 is 0 Å². The second-order valence-corrected chi connectivity index (χ2v) is 6.08. The number of hydrogen-bond donors (Lipinski definition) is 1. The van der Waals surface area contributed by atoms with Gasteiger partial charge in [-0.1, -0.05) is 0 Å². The molecule has 0 aromatic heterocycles. The Morgan fingerprint density at radius 2 is 1.90 bits per heavy atom. The Balaban J connectivity index is 2.13. The van der Waals surface area contributed by atoms with Crippen LogP contribution in [0.2, 0.25) is 0 Å². The summed E-state index contributed by atoms with van der Waals surface area (Å²) in [7, 11) is 4.33. The van der Waals surface area contributed by atoms with E-state index in [2.05, 4.69) is 30.0 Å². The Labute approximate surface area is 122 Å². The lowest BCUT2D eigenvalue weighted by Gasteiger charge is -2.37. The Bertz CT molecular complexity index is 437. The fraction of sp³-hybridized carbons (Fsp3) is 0.625. The summed E-state index contributed by atoms with van der Waals surface area (Å²) in [5.74, 6) is 0.906. The molecule has 2 rings (SSSR count). The Morgan fingerprint density at radius 3 is 2.45 bits per heavy atom. The van der Waals surface area contributed by atoms with Crippen LogP contribution in [-0.4, -0.2) is 44.2 Å². The predicted molar refractivity (Wildman–Crippen MR) is 85.5 cm³/mol. The minimum absolute atomic E-state index is 0.162. The van der Waals surface area contributed by atoms with Gasteiger partial charge in [-0.3, -0.25) is 0 Å². The molecule has 1 aliphatic rings. The molecular formula is C16H27N3O. The highest BCUT2D eigenvalue weighted by molar-refractivity contribution is 5.64. The van der Waals surface area contributed by atoms with Gasteiger partial charge in [0.25, 0.3) is 0 Å². The van der Waals surface area contributed by atoms with Crippen molar-refractivity contribution in [2.24, 2.45) is 0 Å². The van der Waals surface area contributed by atoms with Crippen molar-refractivity contribution in [1.29, 1.82) is 0 Å². The standard InChI is InChI=1S/C16H27N3O/c1-12(2)20-16-11-13(17)5-6-15(16)19-9-7-14(8-10-19)18(3)4/h5-6,11-12,14H,7-10,17H2,1-4H3. The average Bonchev–Trinajstić information content (AvgIpc) is 2.38. The molecule has 0 spiro atoms. The number of piperidine rings is 1. The Hall–Kier alpha value is -1.42. The van der Waals surface area contributed by atoms with Gasteiger partial charge in [0.2, 0.25) is 0 Å². The molecule has 0 atom stereocenters. The summed E-state index contributed by atoms with van der Waals surface area (Å²) in [4.78, 5) is 4.74. The molecule has 0 aliphatic carbocycles. The molecule has 2 N–H and O–H groups in total. The van der Waals surface area contributed by atoms with Crippen molar-refractivity contribution in [1.82, 2.24) is 4.90 Å². The van der Waals surface area contributed by atoms with Gasteiger partial charge in [-0.15, -0.1) is 0 Å². The van der Waals surface area contributed by atoms with E-state index in [4.69, 9.17) is 10.5 Å². The van der Waals surface area contributed by atoms with E-state index < -0.39 is 0 Å². The van der Waals surface area contributed by atoms with E-state index in [0.29, 0.717) is 6.04 Å². The zero-order valence-corrected chi connectivity index (χ0v) is 13.1. The molecular weight excluding hydrogens is 250 g/mol. The summed E-state index contributed by atoms with van der Waals surface area (Å²) in [5.41, 5.74) is 7.82. The average molecular weight is 277 g/mol. The second-order valence-electron chi connectivity index (χ2n) is 6.08. The molecule has 1 aromatic rings. The van der Waals surface area contributed by atoms with Crippen LogP contribution < -0.4 is 15.4 Å². The van der Waals surface area contributed by atoms with E-state index in [1.807, 2.05) is 26.0 Å². The first-order chi connectivity index (χ1) is 9.47. The molecule has 0 radical (unpaired) electrons. The number of nitrogen functional groups attached to an aromatic ring is 1. The molecule has 4 heteroatoms. The van der Waals surface area contributed by atoms with Crippen molar-refractivity contribution in [3.05, 3.63) is 18.2 Å². The zero-order valence-electron chi connectivity index (χ0n) is 13.1. The van der Waals surface area contributed by atoms with Gasteiger partial charge in [0, 0.05) is 30.9 Å². The molecule has 4 nitrogen and oxygen atoms in total. The zero-order chi connectivity index (χ0) is 14.7. The van der Waals surface area contributed by atoms with Crippen LogP contribution >= 0.6 is 0 Å². The highest BCUT2D eigenvalue weighted by atomic mass is 16.5. The van der Waals surface area contributed by atoms with E-state index in [0.717, 1.165) is 24.5 Å². The lowest BCUT2D eigenvalue weighted by Crippen LogP contribution is -2.42. The van der Waals surface area contributed by atoms with Crippen molar-refractivity contribution in [3.8, 4) is 5.75 Å². The maximum absolute atomic E-state index is 5.92. The molecule has 1 aromatic carbocycles. The Kier molecular flexibility index (Phi) is 4.76. The molecule has 20 heavy (non-hydrogen) atoms. The molecule has 0 bridgehead atoms. The number of nitrogens with zero attached hydrogens (tertiary/aromatic N) is 2. The van der Waals surface area contributed by atoms with E-state index in [9.17, 15) is 0 Å². The van der Waals surface area contributed by atoms with E-state index in [-0.39, 0.29) is 6.10 Å². The van der Waals surface area contributed by atoms with Crippen LogP contribution in [0.1, 0.15) is 26.7 Å². The van der Waals surface area contributed by atoms with Crippen LogP contribution in [0.25, 0.3) is 0 Å². The molecule has 0 amide bonds. The van der Waals surface area contributed by atoms with Gasteiger partial charge in [0.05, 0.1) is 11.8 Å². The van der Waals surface area contributed by atoms with Gasteiger partial charge >= 0.3 is 0 Å². The molecule has 1 saturated heterocycles. The van der Waals surface area contributed by atoms with Crippen molar-refractivity contribution in [2.75, 3.05) is 37.8 Å². The van der Waals surface area contributed by atoms with Crippen LogP contribution in [0.15, 0.2) is 18.2 Å². The molecule has 1 aliphatic heterocycles. The minimum Gasteiger partial charge on any atom is -0.489 e. The minimum atomic E-state index is 0.162. The summed E-state index contributed by atoms with van der Waals surface area (Å²) in [6.45, 7) is 6.24. The van der Waals surface area contributed by atoms with E-state index in [1.165, 1.54) is 18.5 Å². The summed E-state index contributed by atoms with van der Waals surface area (Å²) >= 11 is 0. The first-order valence-electron chi connectivity index (χ1n) is 7.45. The van der Waals surface area contributed by atoms with Gasteiger partial charge in [0.15, 0.2) is 0 Å². The summed E-state index contributed by atoms with van der Waals surface area (Å²) in [5, 5.41) is 0. The quantitative estimate of drug-likeness (QED) is 0.859. The van der Waals surface area contributed by atoms with Crippen molar-refractivity contribution >= 4 is 11.4 Å². The number of nitrogens with two attached hydrogens (primary N) is 1. The first kappa shape index (κ1) is 15.0. The SMILES string of the molecule is CC(C)Oc1cc(N)ccc1N1CCC(N(C)C)CC1.